The Morgan fingerprint density at radius 3 is 1.33 bits per heavy atom. The summed E-state index contributed by atoms with van der Waals surface area (Å²) in [6.45, 7) is 9.87. The molecule has 0 aliphatic heterocycles. The summed E-state index contributed by atoms with van der Waals surface area (Å²) >= 11 is 0. The fourth-order valence-electron chi connectivity index (χ4n) is 1.90. The third kappa shape index (κ3) is 10.7. The third-order valence-electron chi connectivity index (χ3n) is 2.52. The molecule has 0 aromatic heterocycles. The molecule has 0 bridgehead atoms. The Balaban J connectivity index is -0.000000351. The van der Waals surface area contributed by atoms with E-state index in [-0.39, 0.29) is 56.2 Å². The topological polar surface area (TPSA) is 23.8 Å². The fraction of sp³-hybridized carbons (Fsp3) is 0.316. The third-order valence-corrected chi connectivity index (χ3v) is 2.52. The second-order valence-corrected chi connectivity index (χ2v) is 7.07. The first-order valence-electron chi connectivity index (χ1n) is 7.23. The predicted octanol–water partition coefficient (Wildman–Crippen LogP) is 0.341. The molecular formula is C19H25Cl2HfNSi. The second-order valence-electron chi connectivity index (χ2n) is 6.07. The van der Waals surface area contributed by atoms with Crippen LogP contribution in [-0.4, -0.2) is 15.1 Å². The Hall–Kier alpha value is -0.0630. The van der Waals surface area contributed by atoms with Gasteiger partial charge in [0, 0.05) is 9.52 Å². The molecule has 0 unspecified atom stereocenters. The van der Waals surface area contributed by atoms with Crippen LogP contribution in [0.25, 0.3) is 27.3 Å². The van der Waals surface area contributed by atoms with Gasteiger partial charge < -0.3 is 30.5 Å². The molecule has 128 valence electrons. The van der Waals surface area contributed by atoms with E-state index in [9.17, 15) is 0 Å². The molecule has 0 spiro atoms. The van der Waals surface area contributed by atoms with Crippen LogP contribution in [0, 0.1) is 0 Å². The van der Waals surface area contributed by atoms with Gasteiger partial charge in [-0.15, -0.1) is 45.3 Å². The number of benzene rings is 2. The van der Waals surface area contributed by atoms with Gasteiger partial charge >= 0.3 is 25.8 Å². The summed E-state index contributed by atoms with van der Waals surface area (Å²) in [6, 6.07) is 19.3. The van der Waals surface area contributed by atoms with E-state index in [0.717, 1.165) is 9.52 Å². The number of fused-ring (bicyclic) bond motifs is 3. The van der Waals surface area contributed by atoms with Crippen molar-refractivity contribution < 1.29 is 50.7 Å². The fourth-order valence-corrected chi connectivity index (χ4v) is 1.90. The quantitative estimate of drug-likeness (QED) is 0.288. The van der Waals surface area contributed by atoms with E-state index in [1.807, 2.05) is 20.8 Å². The number of hydrogen-bond acceptors (Lipinski definition) is 0. The van der Waals surface area contributed by atoms with E-state index in [2.05, 4.69) is 67.7 Å². The van der Waals surface area contributed by atoms with Crippen molar-refractivity contribution in [1.29, 1.82) is 0 Å². The van der Waals surface area contributed by atoms with Crippen LogP contribution in [0.2, 0.25) is 13.1 Å². The molecule has 3 aromatic rings. The average molecular weight is 545 g/mol. The number of halogens is 2. The molecule has 3 aromatic carbocycles. The minimum atomic E-state index is -0.250. The van der Waals surface area contributed by atoms with Crippen LogP contribution in [-0.2, 0) is 25.8 Å². The van der Waals surface area contributed by atoms with E-state index >= 15 is 0 Å². The first kappa shape index (κ1) is 28.7. The van der Waals surface area contributed by atoms with Gasteiger partial charge in [-0.1, -0.05) is 70.3 Å². The van der Waals surface area contributed by atoms with Crippen LogP contribution in [0.4, 0.5) is 0 Å². The molecule has 0 saturated carbocycles. The van der Waals surface area contributed by atoms with Crippen LogP contribution in [0.3, 0.4) is 0 Å². The van der Waals surface area contributed by atoms with Crippen LogP contribution < -0.4 is 24.8 Å². The first-order valence-corrected chi connectivity index (χ1v) is 9.23. The van der Waals surface area contributed by atoms with Crippen molar-refractivity contribution in [2.45, 2.75) is 39.4 Å². The van der Waals surface area contributed by atoms with Crippen molar-refractivity contribution in [3.8, 4) is 0 Å². The van der Waals surface area contributed by atoms with Crippen molar-refractivity contribution in [3.05, 3.63) is 60.3 Å². The van der Waals surface area contributed by atoms with E-state index in [0.29, 0.717) is 0 Å². The minimum absolute atomic E-state index is 0. The summed E-state index contributed by atoms with van der Waals surface area (Å²) in [7, 11) is 1.08. The zero-order chi connectivity index (χ0) is 15.9. The summed E-state index contributed by atoms with van der Waals surface area (Å²) in [4.78, 5) is 0. The average Bonchev–Trinajstić information content (AvgIpc) is 2.76. The van der Waals surface area contributed by atoms with E-state index in [1.54, 1.807) is 0 Å². The summed E-state index contributed by atoms with van der Waals surface area (Å²) in [6.07, 6.45) is 0. The van der Waals surface area contributed by atoms with Gasteiger partial charge in [0.2, 0.25) is 0 Å². The molecular weight excluding hydrogens is 520 g/mol. The van der Waals surface area contributed by atoms with E-state index < -0.39 is 0 Å². The van der Waals surface area contributed by atoms with Gasteiger partial charge in [0.25, 0.3) is 0 Å². The Kier molecular flexibility index (Phi) is 16.9. The van der Waals surface area contributed by atoms with Gasteiger partial charge in [0.15, 0.2) is 0 Å². The molecule has 2 radical (unpaired) electrons. The summed E-state index contributed by atoms with van der Waals surface area (Å²) in [5, 5.41) is 5.39. The SMILES string of the molecule is CC(C)(C)[NH-].C[Si]C.[Cl-].[Cl-].[Hf+4].c1ccc2c(c1)[cH-]c1ccccc12. The molecule has 0 atom stereocenters. The van der Waals surface area contributed by atoms with Crippen molar-refractivity contribution in [3.63, 3.8) is 0 Å². The number of hydrogen-bond donors (Lipinski definition) is 0. The van der Waals surface area contributed by atoms with Crippen LogP contribution >= 0.6 is 0 Å². The maximum atomic E-state index is 6.94. The van der Waals surface area contributed by atoms with Gasteiger partial charge in [-0.3, -0.25) is 0 Å². The standard InChI is InChI=1S/C13H9.C4H10N.C2H6Si.2ClH.Hf/c1-3-7-12-10(5-1)9-11-6-2-4-8-13(11)12;1-4(2,3)5;1-3-2;;;/h1-9H;5H,1-3H3;1-2H3;2*1H;/q2*-1;;;;+4/p-2. The van der Waals surface area contributed by atoms with Gasteiger partial charge in [0.1, 0.15) is 0 Å². The number of rotatable bonds is 0. The molecule has 0 fully saturated rings. The van der Waals surface area contributed by atoms with Gasteiger partial charge in [-0.25, -0.2) is 0 Å². The maximum Gasteiger partial charge on any atom is 4.00 e. The van der Waals surface area contributed by atoms with Crippen LogP contribution in [0.1, 0.15) is 20.8 Å². The molecule has 0 aliphatic rings. The van der Waals surface area contributed by atoms with E-state index in [4.69, 9.17) is 5.73 Å². The van der Waals surface area contributed by atoms with Gasteiger partial charge in [-0.05, 0) is 0 Å². The van der Waals surface area contributed by atoms with Crippen molar-refractivity contribution in [2.24, 2.45) is 0 Å². The predicted molar refractivity (Wildman–Crippen MR) is 98.6 cm³/mol. The summed E-state index contributed by atoms with van der Waals surface area (Å²) < 4.78 is 0. The summed E-state index contributed by atoms with van der Waals surface area (Å²) in [5.74, 6) is 0. The Bertz CT molecular complexity index is 621. The molecule has 0 aliphatic carbocycles. The maximum absolute atomic E-state index is 6.94. The normalized spacial score (nSPS) is 9.25. The van der Waals surface area contributed by atoms with Gasteiger partial charge in [0.05, 0.1) is 0 Å². The van der Waals surface area contributed by atoms with Crippen LogP contribution in [0.5, 0.6) is 0 Å². The van der Waals surface area contributed by atoms with Crippen molar-refractivity contribution >= 4 is 31.1 Å². The molecule has 5 heteroatoms. The zero-order valence-corrected chi connectivity index (χ0v) is 21.1. The number of nitrogens with one attached hydrogen (secondary N) is 1. The van der Waals surface area contributed by atoms with Gasteiger partial charge in [-0.2, -0.15) is 0 Å². The second kappa shape index (κ2) is 14.1. The molecule has 0 saturated heterocycles. The molecule has 1 N–H and O–H groups in total. The smallest absolute Gasteiger partial charge is 1.00 e. The minimum Gasteiger partial charge on any atom is -1.00 e. The Labute approximate surface area is 180 Å². The molecule has 3 rings (SSSR count). The zero-order valence-electron chi connectivity index (χ0n) is 15.0. The van der Waals surface area contributed by atoms with E-state index in [1.165, 1.54) is 21.5 Å². The Morgan fingerprint density at radius 2 is 1.04 bits per heavy atom. The molecule has 24 heavy (non-hydrogen) atoms. The van der Waals surface area contributed by atoms with Crippen LogP contribution in [0.15, 0.2) is 54.6 Å². The molecule has 1 nitrogen and oxygen atoms in total. The van der Waals surface area contributed by atoms with Crippen molar-refractivity contribution in [2.75, 3.05) is 0 Å². The first-order chi connectivity index (χ1) is 9.86. The molecule has 0 amide bonds. The van der Waals surface area contributed by atoms with Crippen molar-refractivity contribution in [1.82, 2.24) is 0 Å². The summed E-state index contributed by atoms with van der Waals surface area (Å²) in [5.41, 5.74) is 6.69. The largest absolute Gasteiger partial charge is 4.00 e. The monoisotopic (exact) mass is 545 g/mol. The molecule has 0 heterocycles. The Morgan fingerprint density at radius 1 is 0.792 bits per heavy atom.